The molecule has 0 radical (unpaired) electrons. The van der Waals surface area contributed by atoms with Gasteiger partial charge >= 0.3 is 0 Å². The van der Waals surface area contributed by atoms with E-state index in [1.165, 1.54) is 30.5 Å². The van der Waals surface area contributed by atoms with Gasteiger partial charge in [-0.05, 0) is 36.8 Å². The van der Waals surface area contributed by atoms with Crippen LogP contribution in [0, 0.1) is 24.1 Å². The van der Waals surface area contributed by atoms with Crippen molar-refractivity contribution in [2.75, 3.05) is 31.1 Å². The van der Waals surface area contributed by atoms with E-state index in [4.69, 9.17) is 11.6 Å². The van der Waals surface area contributed by atoms with Crippen LogP contribution in [0.2, 0.25) is 5.02 Å². The third kappa shape index (κ3) is 3.53. The first-order chi connectivity index (χ1) is 15.4. The molecule has 0 spiro atoms. The fraction of sp³-hybridized carbons (Fsp3) is 0.208. The minimum Gasteiger partial charge on any atom is -0.507 e. The summed E-state index contributed by atoms with van der Waals surface area (Å²) in [5.74, 6) is -0.935. The highest BCUT2D eigenvalue weighted by Crippen LogP contribution is 2.43. The average molecular weight is 451 g/mol. The number of piperazine rings is 1. The van der Waals surface area contributed by atoms with Gasteiger partial charge in [0, 0.05) is 48.3 Å². The number of aromatic nitrogens is 1. The summed E-state index contributed by atoms with van der Waals surface area (Å²) in [5, 5.41) is 20.9. The van der Waals surface area contributed by atoms with Crippen LogP contribution in [0.5, 0.6) is 5.75 Å². The van der Waals surface area contributed by atoms with Crippen LogP contribution in [0.1, 0.15) is 11.1 Å². The predicted molar refractivity (Wildman–Crippen MR) is 122 cm³/mol. The van der Waals surface area contributed by atoms with Crippen molar-refractivity contribution in [1.82, 2.24) is 9.88 Å². The first-order valence-corrected chi connectivity index (χ1v) is 10.4. The van der Waals surface area contributed by atoms with Crippen LogP contribution in [-0.4, -0.2) is 47.1 Å². The van der Waals surface area contributed by atoms with E-state index in [0.29, 0.717) is 59.5 Å². The second-order valence-corrected chi connectivity index (χ2v) is 7.94. The van der Waals surface area contributed by atoms with Crippen LogP contribution >= 0.6 is 11.6 Å². The number of hydrogen-bond acceptors (Lipinski definition) is 5. The molecule has 2 heterocycles. The zero-order chi connectivity index (χ0) is 23.0. The molecule has 1 aliphatic heterocycles. The van der Waals surface area contributed by atoms with Crippen molar-refractivity contribution < 1.29 is 14.3 Å². The highest BCUT2D eigenvalue weighted by atomic mass is 35.5. The van der Waals surface area contributed by atoms with Gasteiger partial charge < -0.3 is 14.9 Å². The number of nitrogens with zero attached hydrogens (tertiary/aromatic N) is 4. The molecule has 0 unspecified atom stereocenters. The lowest BCUT2D eigenvalue weighted by Crippen LogP contribution is -2.48. The largest absolute Gasteiger partial charge is 0.507 e. The van der Waals surface area contributed by atoms with Crippen LogP contribution in [0.15, 0.2) is 43.1 Å². The van der Waals surface area contributed by atoms with E-state index < -0.39 is 5.82 Å². The van der Waals surface area contributed by atoms with E-state index >= 15 is 0 Å². The van der Waals surface area contributed by atoms with E-state index in [9.17, 15) is 19.6 Å². The van der Waals surface area contributed by atoms with Gasteiger partial charge in [-0.3, -0.25) is 9.78 Å². The highest BCUT2D eigenvalue weighted by Gasteiger charge is 2.26. The normalized spacial score (nSPS) is 13.8. The van der Waals surface area contributed by atoms with E-state index in [-0.39, 0.29) is 22.2 Å². The zero-order valence-electron chi connectivity index (χ0n) is 17.4. The summed E-state index contributed by atoms with van der Waals surface area (Å²) in [6, 6.07) is 7.94. The number of pyridine rings is 1. The number of carbonyl (C=O) groups excluding carboxylic acids is 1. The van der Waals surface area contributed by atoms with Crippen molar-refractivity contribution in [3.8, 4) is 22.9 Å². The molecule has 1 fully saturated rings. The molecule has 0 saturated carbocycles. The van der Waals surface area contributed by atoms with Gasteiger partial charge in [-0.15, -0.1) is 0 Å². The summed E-state index contributed by atoms with van der Waals surface area (Å²) in [6.07, 6.45) is 2.78. The lowest BCUT2D eigenvalue weighted by Gasteiger charge is -2.36. The van der Waals surface area contributed by atoms with Crippen molar-refractivity contribution in [1.29, 1.82) is 5.26 Å². The molecule has 8 heteroatoms. The van der Waals surface area contributed by atoms with Gasteiger partial charge in [0.25, 0.3) is 0 Å². The molecule has 0 aliphatic carbocycles. The maximum atomic E-state index is 14.6. The lowest BCUT2D eigenvalue weighted by atomic mass is 9.95. The number of carbonyl (C=O) groups is 1. The standard InChI is InChI=1S/C24H20ClFN4O2/c1-3-20(32)29-7-9-30(10-8-29)24-15(12-27)13-28-23-14(2)21(17(25)11-16(23)24)22-18(26)5-4-6-19(22)31/h3-6,11,13,31H,1,7-10H2,2H3. The molecule has 162 valence electrons. The SMILES string of the molecule is C=CC(=O)N1CCN(c2c(C#N)cnc3c(C)c(-c4c(O)cccc4F)c(Cl)cc23)CC1. The first-order valence-electron chi connectivity index (χ1n) is 10.0. The molecule has 3 aromatic rings. The number of phenols is 1. The summed E-state index contributed by atoms with van der Waals surface area (Å²) in [5.41, 5.74) is 2.60. The van der Waals surface area contributed by atoms with Crippen LogP contribution in [-0.2, 0) is 4.79 Å². The van der Waals surface area contributed by atoms with E-state index in [1.54, 1.807) is 17.9 Å². The molecule has 1 N–H and O–H groups in total. The Bertz CT molecular complexity index is 1270. The highest BCUT2D eigenvalue weighted by molar-refractivity contribution is 6.35. The summed E-state index contributed by atoms with van der Waals surface area (Å²) >= 11 is 6.61. The van der Waals surface area contributed by atoms with E-state index in [0.717, 1.165) is 0 Å². The molecular formula is C24H20ClFN4O2. The molecule has 4 rings (SSSR count). The molecule has 1 aromatic heterocycles. The second-order valence-electron chi connectivity index (χ2n) is 7.54. The fourth-order valence-corrected chi connectivity index (χ4v) is 4.56. The van der Waals surface area contributed by atoms with Crippen molar-refractivity contribution in [2.24, 2.45) is 0 Å². The Morgan fingerprint density at radius 2 is 2.03 bits per heavy atom. The average Bonchev–Trinajstić information content (AvgIpc) is 2.79. The summed E-state index contributed by atoms with van der Waals surface area (Å²) in [4.78, 5) is 20.1. The summed E-state index contributed by atoms with van der Waals surface area (Å²) in [6.45, 7) is 7.34. The number of halogens is 2. The van der Waals surface area contributed by atoms with Gasteiger partial charge in [0.05, 0.1) is 22.3 Å². The molecule has 6 nitrogen and oxygen atoms in total. The first kappa shape index (κ1) is 21.6. The number of benzene rings is 2. The number of amides is 1. The number of aryl methyl sites for hydroxylation is 1. The topological polar surface area (TPSA) is 80.5 Å². The number of hydrogen-bond donors (Lipinski definition) is 1. The number of fused-ring (bicyclic) bond motifs is 1. The van der Waals surface area contributed by atoms with Gasteiger partial charge in [-0.25, -0.2) is 4.39 Å². The molecule has 1 aliphatic rings. The monoisotopic (exact) mass is 450 g/mol. The van der Waals surface area contributed by atoms with E-state index in [2.05, 4.69) is 17.6 Å². The van der Waals surface area contributed by atoms with Crippen LogP contribution in [0.4, 0.5) is 10.1 Å². The molecule has 1 amide bonds. The Labute approximate surface area is 189 Å². The van der Waals surface area contributed by atoms with Crippen molar-refractivity contribution in [2.45, 2.75) is 6.92 Å². The number of aromatic hydroxyl groups is 1. The Kier molecular flexibility index (Phi) is 5.72. The molecule has 32 heavy (non-hydrogen) atoms. The zero-order valence-corrected chi connectivity index (χ0v) is 18.2. The second kappa shape index (κ2) is 8.48. The fourth-order valence-electron chi connectivity index (χ4n) is 4.22. The number of phenolic OH excluding ortho intramolecular Hbond substituents is 1. The Morgan fingerprint density at radius 3 is 2.66 bits per heavy atom. The molecular weight excluding hydrogens is 431 g/mol. The Hall–Kier alpha value is -3.63. The van der Waals surface area contributed by atoms with Crippen LogP contribution < -0.4 is 4.90 Å². The predicted octanol–water partition coefficient (Wildman–Crippen LogP) is 4.41. The number of anilines is 1. The van der Waals surface area contributed by atoms with Gasteiger partial charge in [-0.2, -0.15) is 5.26 Å². The molecule has 0 bridgehead atoms. The number of nitriles is 1. The summed E-state index contributed by atoms with van der Waals surface area (Å²) < 4.78 is 14.6. The third-order valence-corrected chi connectivity index (χ3v) is 6.07. The maximum absolute atomic E-state index is 14.6. The third-order valence-electron chi connectivity index (χ3n) is 5.77. The summed E-state index contributed by atoms with van der Waals surface area (Å²) in [7, 11) is 0. The van der Waals surface area contributed by atoms with Crippen LogP contribution in [0.25, 0.3) is 22.0 Å². The van der Waals surface area contributed by atoms with Crippen molar-refractivity contribution >= 4 is 34.1 Å². The quantitative estimate of drug-likeness (QED) is 0.597. The maximum Gasteiger partial charge on any atom is 0.246 e. The Balaban J connectivity index is 1.88. The van der Waals surface area contributed by atoms with Gasteiger partial charge in [0.15, 0.2) is 0 Å². The lowest BCUT2D eigenvalue weighted by molar-refractivity contribution is -0.126. The van der Waals surface area contributed by atoms with E-state index in [1.807, 2.05) is 4.90 Å². The van der Waals surface area contributed by atoms with Crippen molar-refractivity contribution in [3.05, 3.63) is 65.1 Å². The minimum atomic E-state index is -0.591. The van der Waals surface area contributed by atoms with Gasteiger partial charge in [-0.1, -0.05) is 24.2 Å². The molecule has 2 aromatic carbocycles. The smallest absolute Gasteiger partial charge is 0.246 e. The van der Waals surface area contributed by atoms with Crippen LogP contribution in [0.3, 0.4) is 0 Å². The van der Waals surface area contributed by atoms with Gasteiger partial charge in [0.1, 0.15) is 17.6 Å². The van der Waals surface area contributed by atoms with Crippen molar-refractivity contribution in [3.63, 3.8) is 0 Å². The van der Waals surface area contributed by atoms with Gasteiger partial charge in [0.2, 0.25) is 5.91 Å². The number of rotatable bonds is 3. The molecule has 1 saturated heterocycles. The minimum absolute atomic E-state index is 0.0150. The molecule has 0 atom stereocenters. The Morgan fingerprint density at radius 1 is 1.31 bits per heavy atom.